The molecule has 1 fully saturated rings. The molecular weight excluding hydrogens is 278 g/mol. The number of methoxy groups -OCH3 is 1. The summed E-state index contributed by atoms with van der Waals surface area (Å²) in [5.41, 5.74) is 2.94. The molecule has 1 N–H and O–H groups in total. The van der Waals surface area contributed by atoms with E-state index in [1.54, 1.807) is 18.4 Å². The first-order valence-corrected chi connectivity index (χ1v) is 8.66. The number of nitrogens with one attached hydrogen (secondary N) is 1. The van der Waals surface area contributed by atoms with E-state index in [4.69, 9.17) is 4.74 Å². The number of rotatable bonds is 6. The predicted octanol–water partition coefficient (Wildman–Crippen LogP) is 4.72. The maximum Gasteiger partial charge on any atom is 0.134 e. The second-order valence-corrected chi connectivity index (χ2v) is 6.55. The van der Waals surface area contributed by atoms with E-state index in [9.17, 15) is 0 Å². The van der Waals surface area contributed by atoms with Crippen molar-refractivity contribution in [1.82, 2.24) is 5.32 Å². The first-order valence-electron chi connectivity index (χ1n) is 7.78. The standard InChI is InChI=1S/C18H23NOS/c1-3-19-17(18-16(20-2)11-12-21-18)15-10-5-4-9-14(15)13-7-6-8-13/h4-5,9-13,17,19H,3,6-8H2,1-2H3. The van der Waals surface area contributed by atoms with Gasteiger partial charge >= 0.3 is 0 Å². The van der Waals surface area contributed by atoms with Crippen molar-refractivity contribution in [2.75, 3.05) is 13.7 Å². The van der Waals surface area contributed by atoms with Gasteiger partial charge in [0.25, 0.3) is 0 Å². The summed E-state index contributed by atoms with van der Waals surface area (Å²) in [7, 11) is 1.76. The molecule has 0 spiro atoms. The molecule has 1 unspecified atom stereocenters. The van der Waals surface area contributed by atoms with Gasteiger partial charge in [0.1, 0.15) is 5.75 Å². The molecule has 1 saturated carbocycles. The second-order valence-electron chi connectivity index (χ2n) is 5.60. The molecule has 1 aromatic heterocycles. The van der Waals surface area contributed by atoms with E-state index >= 15 is 0 Å². The summed E-state index contributed by atoms with van der Waals surface area (Å²) in [6, 6.07) is 11.2. The highest BCUT2D eigenvalue weighted by Crippen LogP contribution is 2.42. The lowest BCUT2D eigenvalue weighted by Gasteiger charge is -2.30. The quantitative estimate of drug-likeness (QED) is 0.833. The van der Waals surface area contributed by atoms with Gasteiger partial charge in [-0.15, -0.1) is 11.3 Å². The van der Waals surface area contributed by atoms with Gasteiger partial charge in [-0.2, -0.15) is 0 Å². The third-order valence-electron chi connectivity index (χ3n) is 4.40. The molecule has 3 rings (SSSR count). The minimum Gasteiger partial charge on any atom is -0.496 e. The number of ether oxygens (including phenoxy) is 1. The molecule has 1 atom stereocenters. The average molecular weight is 301 g/mol. The zero-order valence-electron chi connectivity index (χ0n) is 12.8. The van der Waals surface area contributed by atoms with Gasteiger partial charge in [-0.1, -0.05) is 37.6 Å². The molecule has 21 heavy (non-hydrogen) atoms. The lowest BCUT2D eigenvalue weighted by Crippen LogP contribution is -2.24. The van der Waals surface area contributed by atoms with Crippen LogP contribution >= 0.6 is 11.3 Å². The van der Waals surface area contributed by atoms with E-state index in [0.717, 1.165) is 18.2 Å². The highest BCUT2D eigenvalue weighted by atomic mass is 32.1. The topological polar surface area (TPSA) is 21.3 Å². The van der Waals surface area contributed by atoms with E-state index in [0.29, 0.717) is 0 Å². The molecule has 2 aromatic rings. The van der Waals surface area contributed by atoms with Crippen molar-refractivity contribution in [2.24, 2.45) is 0 Å². The van der Waals surface area contributed by atoms with Crippen LogP contribution in [0.1, 0.15) is 54.1 Å². The Morgan fingerprint density at radius 3 is 2.76 bits per heavy atom. The van der Waals surface area contributed by atoms with Crippen LogP contribution in [0.25, 0.3) is 0 Å². The molecule has 0 bridgehead atoms. The Balaban J connectivity index is 2.01. The van der Waals surface area contributed by atoms with Crippen molar-refractivity contribution in [3.05, 3.63) is 51.7 Å². The van der Waals surface area contributed by atoms with Crippen molar-refractivity contribution < 1.29 is 4.74 Å². The molecule has 0 radical (unpaired) electrons. The predicted molar refractivity (Wildman–Crippen MR) is 89.4 cm³/mol. The SMILES string of the molecule is CCNC(c1ccccc1C1CCC1)c1sccc1OC. The largest absolute Gasteiger partial charge is 0.496 e. The third kappa shape index (κ3) is 2.85. The fourth-order valence-corrected chi connectivity index (χ4v) is 4.05. The number of hydrogen-bond donors (Lipinski definition) is 1. The molecule has 0 amide bonds. The molecule has 1 aliphatic rings. The van der Waals surface area contributed by atoms with Gasteiger partial charge in [-0.3, -0.25) is 0 Å². The van der Waals surface area contributed by atoms with Gasteiger partial charge in [0.05, 0.1) is 18.0 Å². The van der Waals surface area contributed by atoms with Gasteiger partial charge < -0.3 is 10.1 Å². The summed E-state index contributed by atoms with van der Waals surface area (Å²) in [5, 5.41) is 5.77. The van der Waals surface area contributed by atoms with E-state index < -0.39 is 0 Å². The van der Waals surface area contributed by atoms with Crippen LogP contribution in [0.3, 0.4) is 0 Å². The van der Waals surface area contributed by atoms with Gasteiger partial charge in [-0.25, -0.2) is 0 Å². The molecule has 3 heteroatoms. The van der Waals surface area contributed by atoms with Crippen LogP contribution in [0.5, 0.6) is 5.75 Å². The summed E-state index contributed by atoms with van der Waals surface area (Å²) >= 11 is 1.78. The lowest BCUT2D eigenvalue weighted by atomic mass is 9.77. The molecular formula is C18H23NOS. The van der Waals surface area contributed by atoms with Crippen LogP contribution in [0.15, 0.2) is 35.7 Å². The Morgan fingerprint density at radius 2 is 2.10 bits per heavy atom. The molecule has 1 heterocycles. The van der Waals surface area contributed by atoms with E-state index in [1.807, 2.05) is 0 Å². The highest BCUT2D eigenvalue weighted by molar-refractivity contribution is 7.10. The van der Waals surface area contributed by atoms with Crippen LogP contribution in [-0.2, 0) is 0 Å². The van der Waals surface area contributed by atoms with Gasteiger partial charge in [0.2, 0.25) is 0 Å². The summed E-state index contributed by atoms with van der Waals surface area (Å²) in [4.78, 5) is 1.28. The maximum atomic E-state index is 5.55. The van der Waals surface area contributed by atoms with Crippen molar-refractivity contribution in [3.63, 3.8) is 0 Å². The summed E-state index contributed by atoms with van der Waals surface area (Å²) in [5.74, 6) is 1.74. The molecule has 2 nitrogen and oxygen atoms in total. The Hall–Kier alpha value is -1.32. The molecule has 1 aliphatic carbocycles. The van der Waals surface area contributed by atoms with Crippen LogP contribution in [-0.4, -0.2) is 13.7 Å². The highest BCUT2D eigenvalue weighted by Gasteiger charge is 2.27. The Kier molecular flexibility index (Phi) is 4.61. The molecule has 0 saturated heterocycles. The first-order chi connectivity index (χ1) is 10.3. The zero-order valence-corrected chi connectivity index (χ0v) is 13.6. The molecule has 0 aliphatic heterocycles. The van der Waals surface area contributed by atoms with Crippen molar-refractivity contribution in [2.45, 2.75) is 38.1 Å². The second kappa shape index (κ2) is 6.63. The fourth-order valence-electron chi connectivity index (χ4n) is 3.10. The number of benzene rings is 1. The molecule has 1 aromatic carbocycles. The summed E-state index contributed by atoms with van der Waals surface area (Å²) < 4.78 is 5.55. The van der Waals surface area contributed by atoms with Crippen LogP contribution < -0.4 is 10.1 Å². The number of thiophene rings is 1. The maximum absolute atomic E-state index is 5.55. The van der Waals surface area contributed by atoms with Gasteiger partial charge in [0.15, 0.2) is 0 Å². The number of hydrogen-bond acceptors (Lipinski definition) is 3. The van der Waals surface area contributed by atoms with E-state index in [-0.39, 0.29) is 6.04 Å². The normalized spacial score (nSPS) is 16.5. The summed E-state index contributed by atoms with van der Waals surface area (Å²) in [6.07, 6.45) is 4.03. The monoisotopic (exact) mass is 301 g/mol. The smallest absolute Gasteiger partial charge is 0.134 e. The van der Waals surface area contributed by atoms with Crippen molar-refractivity contribution >= 4 is 11.3 Å². The van der Waals surface area contributed by atoms with Gasteiger partial charge in [-0.05, 0) is 47.9 Å². The van der Waals surface area contributed by atoms with Crippen LogP contribution in [0.4, 0.5) is 0 Å². The Labute approximate surface area is 131 Å². The van der Waals surface area contributed by atoms with Crippen LogP contribution in [0.2, 0.25) is 0 Å². The first kappa shape index (κ1) is 14.6. The minimum atomic E-state index is 0.238. The zero-order chi connectivity index (χ0) is 14.7. The molecule has 112 valence electrons. The summed E-state index contributed by atoms with van der Waals surface area (Å²) in [6.45, 7) is 3.11. The van der Waals surface area contributed by atoms with Crippen LogP contribution in [0, 0.1) is 0 Å². The van der Waals surface area contributed by atoms with E-state index in [1.165, 1.54) is 35.3 Å². The lowest BCUT2D eigenvalue weighted by molar-refractivity contribution is 0.403. The van der Waals surface area contributed by atoms with E-state index in [2.05, 4.69) is 48.0 Å². The van der Waals surface area contributed by atoms with Gasteiger partial charge in [0, 0.05) is 0 Å². The third-order valence-corrected chi connectivity index (χ3v) is 5.36. The Morgan fingerprint density at radius 1 is 1.29 bits per heavy atom. The fraction of sp³-hybridized carbons (Fsp3) is 0.444. The average Bonchev–Trinajstić information content (AvgIpc) is 2.92. The Bertz CT molecular complexity index is 588. The van der Waals surface area contributed by atoms with Crippen molar-refractivity contribution in [3.8, 4) is 5.75 Å². The minimum absolute atomic E-state index is 0.238. The van der Waals surface area contributed by atoms with Crippen molar-refractivity contribution in [1.29, 1.82) is 0 Å².